The fourth-order valence-corrected chi connectivity index (χ4v) is 1.56. The van der Waals surface area contributed by atoms with Crippen molar-refractivity contribution in [2.45, 2.75) is 39.2 Å². The number of hydrogen-bond donors (Lipinski definition) is 1. The smallest absolute Gasteiger partial charge is 0.115 e. The third kappa shape index (κ3) is 3.07. The Bertz CT molecular complexity index is 247. The molecule has 0 fully saturated rings. The number of nitrogens with zero attached hydrogens (tertiary/aromatic N) is 2. The van der Waals surface area contributed by atoms with Crippen LogP contribution in [-0.4, -0.2) is 15.1 Å². The van der Waals surface area contributed by atoms with Crippen LogP contribution in [0.15, 0.2) is 18.6 Å². The molecule has 0 aliphatic heterocycles. The van der Waals surface area contributed by atoms with Crippen LogP contribution in [0.5, 0.6) is 0 Å². The van der Waals surface area contributed by atoms with Gasteiger partial charge < -0.3 is 5.11 Å². The summed E-state index contributed by atoms with van der Waals surface area (Å²) in [6, 6.07) is 1.77. The van der Waals surface area contributed by atoms with E-state index in [-0.39, 0.29) is 0 Å². The Labute approximate surface area is 85.2 Å². The molecule has 0 bridgehead atoms. The number of aliphatic hydroxyl groups is 1. The minimum atomic E-state index is -0.442. The molecule has 78 valence electrons. The lowest BCUT2D eigenvalue weighted by Gasteiger charge is -2.16. The molecule has 1 rings (SSSR count). The van der Waals surface area contributed by atoms with Crippen LogP contribution < -0.4 is 0 Å². The maximum absolute atomic E-state index is 9.86. The lowest BCUT2D eigenvalue weighted by Crippen LogP contribution is -2.07. The molecule has 0 saturated carbocycles. The Balaban J connectivity index is 2.54. The van der Waals surface area contributed by atoms with Crippen LogP contribution in [0.25, 0.3) is 0 Å². The fraction of sp³-hybridized carbons (Fsp3) is 0.636. The van der Waals surface area contributed by atoms with E-state index in [4.69, 9.17) is 0 Å². The minimum absolute atomic E-state index is 0.442. The Morgan fingerprint density at radius 3 is 2.57 bits per heavy atom. The van der Waals surface area contributed by atoms with Crippen LogP contribution in [0.4, 0.5) is 0 Å². The summed E-state index contributed by atoms with van der Waals surface area (Å²) < 4.78 is 0. The minimum Gasteiger partial charge on any atom is -0.387 e. The first-order valence-electron chi connectivity index (χ1n) is 5.21. The average molecular weight is 194 g/mol. The van der Waals surface area contributed by atoms with Gasteiger partial charge in [-0.3, -0.25) is 0 Å². The summed E-state index contributed by atoms with van der Waals surface area (Å²) in [6.45, 7) is 4.31. The molecule has 1 atom stereocenters. The summed E-state index contributed by atoms with van der Waals surface area (Å²) in [5.74, 6) is 0.583. The van der Waals surface area contributed by atoms with Crippen molar-refractivity contribution in [1.82, 2.24) is 9.97 Å². The van der Waals surface area contributed by atoms with E-state index in [1.54, 1.807) is 12.3 Å². The second kappa shape index (κ2) is 5.70. The van der Waals surface area contributed by atoms with Crippen molar-refractivity contribution >= 4 is 0 Å². The summed E-state index contributed by atoms with van der Waals surface area (Å²) >= 11 is 0. The topological polar surface area (TPSA) is 46.0 Å². The molecule has 0 amide bonds. The molecule has 1 heterocycles. The molecule has 0 saturated heterocycles. The third-order valence-electron chi connectivity index (χ3n) is 2.66. The molecule has 0 spiro atoms. The van der Waals surface area contributed by atoms with Crippen molar-refractivity contribution < 1.29 is 5.11 Å². The van der Waals surface area contributed by atoms with Crippen molar-refractivity contribution in [3.63, 3.8) is 0 Å². The largest absolute Gasteiger partial charge is 0.387 e. The number of hydrogen-bond acceptors (Lipinski definition) is 3. The summed E-state index contributed by atoms with van der Waals surface area (Å²) in [5.41, 5.74) is 0.729. The van der Waals surface area contributed by atoms with Gasteiger partial charge in [-0.1, -0.05) is 26.7 Å². The van der Waals surface area contributed by atoms with E-state index in [9.17, 15) is 5.11 Å². The average Bonchev–Trinajstić information content (AvgIpc) is 2.26. The maximum Gasteiger partial charge on any atom is 0.115 e. The molecule has 0 radical (unpaired) electrons. The molecule has 3 nitrogen and oxygen atoms in total. The van der Waals surface area contributed by atoms with Crippen molar-refractivity contribution in [2.75, 3.05) is 0 Å². The second-order valence-corrected chi connectivity index (χ2v) is 3.57. The van der Waals surface area contributed by atoms with Crippen LogP contribution >= 0.6 is 0 Å². The molecule has 3 heteroatoms. The van der Waals surface area contributed by atoms with Gasteiger partial charge >= 0.3 is 0 Å². The van der Waals surface area contributed by atoms with E-state index in [1.807, 2.05) is 0 Å². The highest BCUT2D eigenvalue weighted by atomic mass is 16.3. The monoisotopic (exact) mass is 194 g/mol. The Kier molecular flexibility index (Phi) is 4.53. The fourth-order valence-electron chi connectivity index (χ4n) is 1.56. The molecule has 1 aromatic rings. The zero-order chi connectivity index (χ0) is 10.4. The van der Waals surface area contributed by atoms with E-state index < -0.39 is 6.10 Å². The molecular weight excluding hydrogens is 176 g/mol. The van der Waals surface area contributed by atoms with Crippen LogP contribution in [0, 0.1) is 5.92 Å². The van der Waals surface area contributed by atoms with Crippen molar-refractivity contribution in [3.8, 4) is 0 Å². The Hall–Kier alpha value is -0.960. The molecule has 14 heavy (non-hydrogen) atoms. The third-order valence-corrected chi connectivity index (χ3v) is 2.66. The first kappa shape index (κ1) is 11.1. The molecule has 0 aromatic carbocycles. The number of aliphatic hydroxyl groups excluding tert-OH is 1. The van der Waals surface area contributed by atoms with Gasteiger partial charge in [-0.2, -0.15) is 0 Å². The van der Waals surface area contributed by atoms with Gasteiger partial charge in [0.25, 0.3) is 0 Å². The van der Waals surface area contributed by atoms with Crippen molar-refractivity contribution in [3.05, 3.63) is 24.3 Å². The van der Waals surface area contributed by atoms with Gasteiger partial charge in [0, 0.05) is 6.20 Å². The molecule has 1 unspecified atom stereocenters. The van der Waals surface area contributed by atoms with Crippen LogP contribution in [0.3, 0.4) is 0 Å². The highest BCUT2D eigenvalue weighted by Gasteiger charge is 2.13. The predicted octanol–water partition coefficient (Wildman–Crippen LogP) is 2.34. The van der Waals surface area contributed by atoms with Crippen LogP contribution in [0.2, 0.25) is 0 Å². The van der Waals surface area contributed by atoms with Gasteiger partial charge in [0.1, 0.15) is 6.33 Å². The molecule has 1 aromatic heterocycles. The van der Waals surface area contributed by atoms with Gasteiger partial charge in [0.15, 0.2) is 0 Å². The molecule has 0 aliphatic carbocycles. The summed E-state index contributed by atoms with van der Waals surface area (Å²) in [5, 5.41) is 9.86. The molecule has 1 N–H and O–H groups in total. The van der Waals surface area contributed by atoms with E-state index in [0.717, 1.165) is 25.0 Å². The Morgan fingerprint density at radius 2 is 2.07 bits per heavy atom. The molecule has 0 aliphatic rings. The lowest BCUT2D eigenvalue weighted by atomic mass is 9.95. The van der Waals surface area contributed by atoms with Crippen molar-refractivity contribution in [2.24, 2.45) is 5.92 Å². The quantitative estimate of drug-likeness (QED) is 0.782. The first-order chi connectivity index (χ1) is 6.77. The van der Waals surface area contributed by atoms with Crippen molar-refractivity contribution in [1.29, 1.82) is 0 Å². The number of rotatable bonds is 5. The maximum atomic E-state index is 9.86. The van der Waals surface area contributed by atoms with E-state index >= 15 is 0 Å². The normalized spacial score (nSPS) is 13.1. The van der Waals surface area contributed by atoms with Crippen LogP contribution in [0.1, 0.15) is 44.9 Å². The zero-order valence-electron chi connectivity index (χ0n) is 8.85. The SMILES string of the molecule is CCC(CC)CC(O)c1ccncn1. The summed E-state index contributed by atoms with van der Waals surface area (Å²) in [7, 11) is 0. The Morgan fingerprint density at radius 1 is 1.36 bits per heavy atom. The lowest BCUT2D eigenvalue weighted by molar-refractivity contribution is 0.137. The van der Waals surface area contributed by atoms with E-state index in [2.05, 4.69) is 23.8 Å². The highest BCUT2D eigenvalue weighted by Crippen LogP contribution is 2.23. The van der Waals surface area contributed by atoms with Gasteiger partial charge in [-0.15, -0.1) is 0 Å². The standard InChI is InChI=1S/C11H18N2O/c1-3-9(4-2)7-11(14)10-5-6-12-8-13-10/h5-6,8-9,11,14H,3-4,7H2,1-2H3. The predicted molar refractivity (Wildman–Crippen MR) is 55.7 cm³/mol. The van der Waals surface area contributed by atoms with Gasteiger partial charge in [-0.05, 0) is 18.4 Å². The number of aromatic nitrogens is 2. The second-order valence-electron chi connectivity index (χ2n) is 3.57. The molecular formula is C11H18N2O. The van der Waals surface area contributed by atoms with E-state index in [1.165, 1.54) is 6.33 Å². The van der Waals surface area contributed by atoms with Crippen LogP contribution in [-0.2, 0) is 0 Å². The van der Waals surface area contributed by atoms with Gasteiger partial charge in [0.2, 0.25) is 0 Å². The highest BCUT2D eigenvalue weighted by molar-refractivity contribution is 5.01. The summed E-state index contributed by atoms with van der Waals surface area (Å²) in [6.07, 6.45) is 5.72. The van der Waals surface area contributed by atoms with Gasteiger partial charge in [-0.25, -0.2) is 9.97 Å². The van der Waals surface area contributed by atoms with Gasteiger partial charge in [0.05, 0.1) is 11.8 Å². The summed E-state index contributed by atoms with van der Waals surface area (Å²) in [4.78, 5) is 7.86. The first-order valence-corrected chi connectivity index (χ1v) is 5.21. The van der Waals surface area contributed by atoms with E-state index in [0.29, 0.717) is 5.92 Å². The zero-order valence-corrected chi connectivity index (χ0v) is 8.85.